The van der Waals surface area contributed by atoms with E-state index in [9.17, 15) is 19.5 Å². The summed E-state index contributed by atoms with van der Waals surface area (Å²) >= 11 is 0. The number of carbonyl (C=O) groups is 3. The van der Waals surface area contributed by atoms with E-state index in [0.29, 0.717) is 24.9 Å². The molecule has 214 valence electrons. The Morgan fingerprint density at radius 1 is 1.07 bits per heavy atom. The molecule has 2 amide bonds. The molecule has 2 aromatic carbocycles. The summed E-state index contributed by atoms with van der Waals surface area (Å²) in [5.41, 5.74) is 2.86. The smallest absolute Gasteiger partial charge is 0.306 e. The summed E-state index contributed by atoms with van der Waals surface area (Å²) in [6.07, 6.45) is 3.89. The number of ether oxygens (including phenoxy) is 2. The molecule has 8 heteroatoms. The number of nitrogens with zero attached hydrogens (tertiary/aromatic N) is 1. The van der Waals surface area contributed by atoms with Crippen molar-refractivity contribution in [2.75, 3.05) is 20.3 Å². The number of aliphatic hydroxyl groups excluding tert-OH is 1. The van der Waals surface area contributed by atoms with Crippen molar-refractivity contribution < 1.29 is 29.0 Å². The number of esters is 1. The molecule has 0 radical (unpaired) electrons. The molecule has 0 saturated carbocycles. The van der Waals surface area contributed by atoms with Gasteiger partial charge in [-0.1, -0.05) is 66.7 Å². The van der Waals surface area contributed by atoms with Gasteiger partial charge in [0.2, 0.25) is 11.8 Å². The lowest BCUT2D eigenvalue weighted by Crippen LogP contribution is -2.49. The average Bonchev–Trinajstić information content (AvgIpc) is 2.98. The first kappa shape index (κ1) is 30.8. The molecule has 8 nitrogen and oxygen atoms in total. The molecule has 0 saturated heterocycles. The van der Waals surface area contributed by atoms with Crippen molar-refractivity contribution in [3.05, 3.63) is 96.6 Å². The zero-order valence-electron chi connectivity index (χ0n) is 23.2. The van der Waals surface area contributed by atoms with Crippen molar-refractivity contribution in [1.29, 1.82) is 0 Å². The Bertz CT molecular complexity index is 1150. The summed E-state index contributed by atoms with van der Waals surface area (Å²) in [7, 11) is 1.51. The number of nitrogens with one attached hydrogen (secondary N) is 1. The van der Waals surface area contributed by atoms with E-state index in [1.165, 1.54) is 7.11 Å². The molecule has 1 heterocycles. The second-order valence-electron chi connectivity index (χ2n) is 9.98. The number of rotatable bonds is 15. The van der Waals surface area contributed by atoms with Gasteiger partial charge in [0.15, 0.2) is 0 Å². The van der Waals surface area contributed by atoms with E-state index in [0.717, 1.165) is 11.1 Å². The molecule has 40 heavy (non-hydrogen) atoms. The third-order valence-corrected chi connectivity index (χ3v) is 7.11. The Hall–Kier alpha value is -3.75. The van der Waals surface area contributed by atoms with Crippen LogP contribution in [0.15, 0.2) is 79.9 Å². The van der Waals surface area contributed by atoms with Crippen LogP contribution in [-0.4, -0.2) is 60.2 Å². The predicted molar refractivity (Wildman–Crippen MR) is 153 cm³/mol. The summed E-state index contributed by atoms with van der Waals surface area (Å²) in [5, 5.41) is 13.0. The van der Waals surface area contributed by atoms with Gasteiger partial charge in [0.05, 0.1) is 31.2 Å². The Morgan fingerprint density at radius 2 is 1.77 bits per heavy atom. The fraction of sp³-hybridized carbons (Fsp3) is 0.406. The number of fused-ring (bicyclic) bond motifs is 1. The molecule has 4 atom stereocenters. The average molecular weight is 549 g/mol. The summed E-state index contributed by atoms with van der Waals surface area (Å²) in [4.78, 5) is 41.3. The summed E-state index contributed by atoms with van der Waals surface area (Å²) in [6.45, 7) is 7.74. The first-order valence-corrected chi connectivity index (χ1v) is 13.6. The minimum Gasteiger partial charge on any atom is -0.455 e. The van der Waals surface area contributed by atoms with E-state index in [1.807, 2.05) is 54.6 Å². The van der Waals surface area contributed by atoms with E-state index in [4.69, 9.17) is 9.47 Å². The molecule has 2 N–H and O–H groups in total. The molecule has 0 fully saturated rings. The van der Waals surface area contributed by atoms with Crippen molar-refractivity contribution >= 4 is 17.8 Å². The lowest BCUT2D eigenvalue weighted by Gasteiger charge is -2.37. The van der Waals surface area contributed by atoms with Gasteiger partial charge in [0, 0.05) is 26.5 Å². The number of aliphatic hydroxyl groups is 1. The van der Waals surface area contributed by atoms with Crippen LogP contribution in [0.25, 0.3) is 0 Å². The first-order chi connectivity index (χ1) is 19.4. The third kappa shape index (κ3) is 8.37. The van der Waals surface area contributed by atoms with Crippen molar-refractivity contribution in [3.63, 3.8) is 0 Å². The van der Waals surface area contributed by atoms with Crippen LogP contribution in [-0.2, 0) is 36.8 Å². The van der Waals surface area contributed by atoms with Gasteiger partial charge < -0.3 is 24.8 Å². The summed E-state index contributed by atoms with van der Waals surface area (Å²) in [6, 6.07) is 16.0. The van der Waals surface area contributed by atoms with Gasteiger partial charge in [-0.05, 0) is 36.0 Å². The second-order valence-corrected chi connectivity index (χ2v) is 9.98. The van der Waals surface area contributed by atoms with Gasteiger partial charge in [-0.2, -0.15) is 0 Å². The molecule has 2 aromatic rings. The highest BCUT2D eigenvalue weighted by Crippen LogP contribution is 2.27. The van der Waals surface area contributed by atoms with E-state index in [-0.39, 0.29) is 50.3 Å². The quantitative estimate of drug-likeness (QED) is 0.258. The van der Waals surface area contributed by atoms with Gasteiger partial charge in [0.1, 0.15) is 6.10 Å². The molecule has 3 rings (SSSR count). The van der Waals surface area contributed by atoms with Crippen LogP contribution < -0.4 is 5.32 Å². The van der Waals surface area contributed by atoms with Gasteiger partial charge in [0.25, 0.3) is 0 Å². The van der Waals surface area contributed by atoms with Crippen molar-refractivity contribution in [3.8, 4) is 0 Å². The Kier molecular flexibility index (Phi) is 12.1. The lowest BCUT2D eigenvalue weighted by atomic mass is 9.92. The number of hydrogen-bond acceptors (Lipinski definition) is 6. The van der Waals surface area contributed by atoms with Gasteiger partial charge in [-0.3, -0.25) is 14.4 Å². The lowest BCUT2D eigenvalue weighted by molar-refractivity contribution is -0.153. The second kappa shape index (κ2) is 15.7. The van der Waals surface area contributed by atoms with Gasteiger partial charge >= 0.3 is 5.97 Å². The zero-order valence-corrected chi connectivity index (χ0v) is 23.2. The van der Waals surface area contributed by atoms with Gasteiger partial charge in [-0.25, -0.2) is 0 Å². The van der Waals surface area contributed by atoms with Crippen LogP contribution >= 0.6 is 0 Å². The predicted octanol–water partition coefficient (Wildman–Crippen LogP) is 3.90. The van der Waals surface area contributed by atoms with Crippen LogP contribution in [0.1, 0.15) is 48.5 Å². The number of amides is 2. The monoisotopic (exact) mass is 548 g/mol. The zero-order chi connectivity index (χ0) is 28.9. The maximum absolute atomic E-state index is 13.6. The summed E-state index contributed by atoms with van der Waals surface area (Å²) < 4.78 is 11.2. The highest BCUT2D eigenvalue weighted by molar-refractivity contribution is 5.86. The van der Waals surface area contributed by atoms with Crippen LogP contribution in [0, 0.1) is 5.92 Å². The minimum absolute atomic E-state index is 0.0502. The largest absolute Gasteiger partial charge is 0.455 e. The molecule has 0 unspecified atom stereocenters. The number of methoxy groups -OCH3 is 1. The van der Waals surface area contributed by atoms with Crippen LogP contribution in [0.3, 0.4) is 0 Å². The normalized spacial score (nSPS) is 16.6. The van der Waals surface area contributed by atoms with Crippen molar-refractivity contribution in [2.24, 2.45) is 5.92 Å². The van der Waals surface area contributed by atoms with Crippen LogP contribution in [0.5, 0.6) is 0 Å². The highest BCUT2D eigenvalue weighted by atomic mass is 16.5. The molecule has 1 aliphatic rings. The van der Waals surface area contributed by atoms with E-state index in [1.54, 1.807) is 17.1 Å². The molecular formula is C32H40N2O6. The summed E-state index contributed by atoms with van der Waals surface area (Å²) in [5.74, 6) is -1.69. The topological polar surface area (TPSA) is 105 Å². The molecule has 1 aliphatic heterocycles. The molecular weight excluding hydrogens is 508 g/mol. The maximum atomic E-state index is 13.6. The van der Waals surface area contributed by atoms with Crippen molar-refractivity contribution in [1.82, 2.24) is 10.2 Å². The fourth-order valence-corrected chi connectivity index (χ4v) is 4.99. The Balaban J connectivity index is 1.78. The van der Waals surface area contributed by atoms with Crippen molar-refractivity contribution in [2.45, 2.75) is 56.8 Å². The fourth-order valence-electron chi connectivity index (χ4n) is 4.99. The number of benzene rings is 2. The Morgan fingerprint density at radius 3 is 2.42 bits per heavy atom. The standard InChI is InChI=1S/C32H40N2O6/c1-4-6-17-30(37)40-31(23-13-8-7-9-14-23)28(22-39-3)33-32(38)25(12-5-2)19-29(36)34-20-26-16-11-10-15-24(26)18-27(34)21-35/h4-5,7-11,13-16,25,27-28,31,35H,1-2,6,12,17-22H2,3H3,(H,33,38)/t25-,27+,28+,31+/m1/s1. The van der Waals surface area contributed by atoms with Crippen LogP contribution in [0.4, 0.5) is 0 Å². The first-order valence-electron chi connectivity index (χ1n) is 13.6. The molecule has 0 bridgehead atoms. The van der Waals surface area contributed by atoms with Crippen LogP contribution in [0.2, 0.25) is 0 Å². The molecule has 0 spiro atoms. The number of allylic oxidation sites excluding steroid dienone is 2. The van der Waals surface area contributed by atoms with Gasteiger partial charge in [-0.15, -0.1) is 13.2 Å². The number of hydrogen-bond donors (Lipinski definition) is 2. The maximum Gasteiger partial charge on any atom is 0.306 e. The van der Waals surface area contributed by atoms with E-state index >= 15 is 0 Å². The SMILES string of the molecule is C=CCCC(=O)O[C@@H](c1ccccc1)[C@H](COC)NC(=O)[C@H](CC=C)CC(=O)N1Cc2ccccc2C[C@H]1CO. The third-order valence-electron chi connectivity index (χ3n) is 7.11. The highest BCUT2D eigenvalue weighted by Gasteiger charge is 2.34. The van der Waals surface area contributed by atoms with E-state index in [2.05, 4.69) is 18.5 Å². The Labute approximate surface area is 236 Å². The minimum atomic E-state index is -0.792. The molecule has 0 aromatic heterocycles. The van der Waals surface area contributed by atoms with E-state index < -0.39 is 24.0 Å². The number of carbonyl (C=O) groups excluding carboxylic acids is 3. The molecule has 0 aliphatic carbocycles.